The Hall–Kier alpha value is -1.40. The molecule has 0 aliphatic rings. The van der Waals surface area contributed by atoms with Crippen LogP contribution in [0.25, 0.3) is 0 Å². The van der Waals surface area contributed by atoms with Crippen molar-refractivity contribution in [2.24, 2.45) is 0 Å². The Bertz CT molecular complexity index is 862. The number of carbonyl (C=O) groups is 2. The zero-order valence-electron chi connectivity index (χ0n) is 17.0. The first kappa shape index (κ1) is 24.9. The summed E-state index contributed by atoms with van der Waals surface area (Å²) < 4.78 is 0. The normalized spacial score (nSPS) is 11.8. The smallest absolute Gasteiger partial charge is 0.242 e. The number of thioether (sulfide) groups is 1. The van der Waals surface area contributed by atoms with Crippen molar-refractivity contribution in [3.63, 3.8) is 0 Å². The lowest BCUT2D eigenvalue weighted by Crippen LogP contribution is -2.48. The first-order valence-electron chi connectivity index (χ1n) is 9.65. The summed E-state index contributed by atoms with van der Waals surface area (Å²) in [4.78, 5) is 27.1. The number of nitrogens with zero attached hydrogens (tertiary/aromatic N) is 1. The van der Waals surface area contributed by atoms with Gasteiger partial charge in [0.15, 0.2) is 0 Å². The van der Waals surface area contributed by atoms with E-state index in [4.69, 9.17) is 34.8 Å². The number of amides is 2. The van der Waals surface area contributed by atoms with Gasteiger partial charge in [0.25, 0.3) is 0 Å². The van der Waals surface area contributed by atoms with E-state index in [1.807, 2.05) is 31.2 Å². The Morgan fingerprint density at radius 1 is 1.07 bits per heavy atom. The topological polar surface area (TPSA) is 49.4 Å². The molecule has 0 saturated carbocycles. The molecule has 0 saturated heterocycles. The van der Waals surface area contributed by atoms with Crippen molar-refractivity contribution in [2.75, 3.05) is 12.3 Å². The first-order chi connectivity index (χ1) is 14.3. The van der Waals surface area contributed by atoms with E-state index >= 15 is 0 Å². The maximum absolute atomic E-state index is 13.0. The second kappa shape index (κ2) is 12.5. The van der Waals surface area contributed by atoms with E-state index in [-0.39, 0.29) is 24.1 Å². The van der Waals surface area contributed by atoms with Crippen LogP contribution in [0, 0.1) is 0 Å². The largest absolute Gasteiger partial charge is 0.354 e. The molecule has 0 aliphatic heterocycles. The highest BCUT2D eigenvalue weighted by Gasteiger charge is 2.26. The van der Waals surface area contributed by atoms with E-state index in [0.717, 1.165) is 17.5 Å². The Kier molecular flexibility index (Phi) is 10.3. The van der Waals surface area contributed by atoms with Gasteiger partial charge < -0.3 is 10.2 Å². The summed E-state index contributed by atoms with van der Waals surface area (Å²) in [5.41, 5.74) is 1.82. The van der Waals surface area contributed by atoms with Crippen molar-refractivity contribution in [1.82, 2.24) is 10.2 Å². The Labute approximate surface area is 197 Å². The Morgan fingerprint density at radius 3 is 2.37 bits per heavy atom. The molecule has 0 spiro atoms. The van der Waals surface area contributed by atoms with Crippen LogP contribution in [0.5, 0.6) is 0 Å². The maximum atomic E-state index is 13.0. The van der Waals surface area contributed by atoms with Crippen LogP contribution in [0.3, 0.4) is 0 Å². The highest BCUT2D eigenvalue weighted by Crippen LogP contribution is 2.24. The van der Waals surface area contributed by atoms with E-state index in [0.29, 0.717) is 27.4 Å². The predicted octanol–water partition coefficient (Wildman–Crippen LogP) is 5.82. The van der Waals surface area contributed by atoms with Gasteiger partial charge in [0.2, 0.25) is 11.8 Å². The molecular formula is C22H25Cl3N2O2S. The highest BCUT2D eigenvalue weighted by molar-refractivity contribution is 7.99. The van der Waals surface area contributed by atoms with E-state index in [1.165, 1.54) is 11.8 Å². The van der Waals surface area contributed by atoms with Crippen LogP contribution in [-0.4, -0.2) is 35.1 Å². The molecule has 8 heteroatoms. The van der Waals surface area contributed by atoms with Gasteiger partial charge in [0, 0.05) is 33.9 Å². The number of hydrogen-bond acceptors (Lipinski definition) is 3. The van der Waals surface area contributed by atoms with E-state index < -0.39 is 6.04 Å². The molecule has 1 atom stereocenters. The third-order valence-corrected chi connectivity index (χ3v) is 6.31. The molecule has 0 bridgehead atoms. The highest BCUT2D eigenvalue weighted by atomic mass is 35.5. The molecule has 2 aromatic carbocycles. The van der Waals surface area contributed by atoms with Crippen LogP contribution in [-0.2, 0) is 21.9 Å². The van der Waals surface area contributed by atoms with Crippen LogP contribution in [0.15, 0.2) is 42.5 Å². The number of benzene rings is 2. The monoisotopic (exact) mass is 486 g/mol. The zero-order valence-corrected chi connectivity index (χ0v) is 20.0. The summed E-state index contributed by atoms with van der Waals surface area (Å²) in [5, 5.41) is 4.53. The molecule has 2 rings (SSSR count). The van der Waals surface area contributed by atoms with Crippen LogP contribution >= 0.6 is 46.6 Å². The average Bonchev–Trinajstić information content (AvgIpc) is 2.72. The van der Waals surface area contributed by atoms with Crippen molar-refractivity contribution in [3.8, 4) is 0 Å². The fourth-order valence-corrected chi connectivity index (χ4v) is 4.20. The molecule has 4 nitrogen and oxygen atoms in total. The predicted molar refractivity (Wildman–Crippen MR) is 127 cm³/mol. The molecule has 0 aliphatic carbocycles. The summed E-state index contributed by atoms with van der Waals surface area (Å²) in [5.74, 6) is 0.616. The van der Waals surface area contributed by atoms with Gasteiger partial charge in [0.05, 0.1) is 5.75 Å². The zero-order chi connectivity index (χ0) is 22.1. The van der Waals surface area contributed by atoms with Crippen LogP contribution in [0.1, 0.15) is 31.4 Å². The third kappa shape index (κ3) is 7.69. The molecule has 0 fully saturated rings. The average molecular weight is 488 g/mol. The van der Waals surface area contributed by atoms with E-state index in [9.17, 15) is 9.59 Å². The third-order valence-electron chi connectivity index (χ3n) is 4.48. The molecule has 0 aromatic heterocycles. The van der Waals surface area contributed by atoms with Gasteiger partial charge in [-0.05, 0) is 48.7 Å². The molecule has 2 amide bonds. The SMILES string of the molecule is CCCNC(=O)[C@@H](C)N(Cc1ccc(Cl)cc1Cl)C(=O)CSCc1ccc(Cl)cc1. The van der Waals surface area contributed by atoms with Crippen molar-refractivity contribution >= 4 is 58.4 Å². The summed E-state index contributed by atoms with van der Waals surface area (Å²) in [6.45, 7) is 4.51. The minimum atomic E-state index is -0.619. The van der Waals surface area contributed by atoms with Crippen molar-refractivity contribution in [3.05, 3.63) is 68.7 Å². The molecule has 0 heterocycles. The lowest BCUT2D eigenvalue weighted by molar-refractivity contribution is -0.138. The van der Waals surface area contributed by atoms with Crippen LogP contribution in [0.2, 0.25) is 15.1 Å². The second-order valence-electron chi connectivity index (χ2n) is 6.84. The fourth-order valence-electron chi connectivity index (χ4n) is 2.73. The van der Waals surface area contributed by atoms with Gasteiger partial charge in [-0.1, -0.05) is 59.9 Å². The first-order valence-corrected chi connectivity index (χ1v) is 11.9. The van der Waals surface area contributed by atoms with Gasteiger partial charge in [-0.25, -0.2) is 0 Å². The summed E-state index contributed by atoms with van der Waals surface area (Å²) >= 11 is 19.7. The second-order valence-corrected chi connectivity index (χ2v) is 9.11. The lowest BCUT2D eigenvalue weighted by atomic mass is 10.1. The molecule has 2 aromatic rings. The molecule has 30 heavy (non-hydrogen) atoms. The molecule has 0 unspecified atom stereocenters. The standard InChI is InChI=1S/C22H25Cl3N2O2S/c1-3-10-26-22(29)15(2)27(12-17-6-9-19(24)11-20(17)25)21(28)14-30-13-16-4-7-18(23)8-5-16/h4-9,11,15H,3,10,12-14H2,1-2H3,(H,26,29)/t15-/m1/s1. The van der Waals surface area contributed by atoms with E-state index in [2.05, 4.69) is 5.32 Å². The Balaban J connectivity index is 2.09. The molecular weight excluding hydrogens is 463 g/mol. The van der Waals surface area contributed by atoms with Gasteiger partial charge in [-0.15, -0.1) is 11.8 Å². The van der Waals surface area contributed by atoms with Gasteiger partial charge in [-0.2, -0.15) is 0 Å². The fraction of sp³-hybridized carbons (Fsp3) is 0.364. The Morgan fingerprint density at radius 2 is 1.73 bits per heavy atom. The summed E-state index contributed by atoms with van der Waals surface area (Å²) in [6, 6.07) is 12.1. The number of hydrogen-bond donors (Lipinski definition) is 1. The summed E-state index contributed by atoms with van der Waals surface area (Å²) in [6.07, 6.45) is 0.826. The molecule has 162 valence electrons. The number of rotatable bonds is 10. The van der Waals surface area contributed by atoms with E-state index in [1.54, 1.807) is 30.0 Å². The quantitative estimate of drug-likeness (QED) is 0.459. The maximum Gasteiger partial charge on any atom is 0.242 e. The van der Waals surface area contributed by atoms with Crippen LogP contribution < -0.4 is 5.32 Å². The van der Waals surface area contributed by atoms with Gasteiger partial charge in [0.1, 0.15) is 6.04 Å². The minimum absolute atomic E-state index is 0.126. The van der Waals surface area contributed by atoms with Crippen LogP contribution in [0.4, 0.5) is 0 Å². The van der Waals surface area contributed by atoms with Crippen molar-refractivity contribution < 1.29 is 9.59 Å². The molecule has 1 N–H and O–H groups in total. The lowest BCUT2D eigenvalue weighted by Gasteiger charge is -2.29. The minimum Gasteiger partial charge on any atom is -0.354 e. The van der Waals surface area contributed by atoms with Crippen molar-refractivity contribution in [1.29, 1.82) is 0 Å². The molecule has 0 radical (unpaired) electrons. The number of carbonyl (C=O) groups excluding carboxylic acids is 2. The number of halogens is 3. The number of nitrogens with one attached hydrogen (secondary N) is 1. The van der Waals surface area contributed by atoms with Gasteiger partial charge >= 0.3 is 0 Å². The van der Waals surface area contributed by atoms with Gasteiger partial charge in [-0.3, -0.25) is 9.59 Å². The summed E-state index contributed by atoms with van der Waals surface area (Å²) in [7, 11) is 0. The van der Waals surface area contributed by atoms with Crippen molar-refractivity contribution in [2.45, 2.75) is 38.6 Å².